The molecule has 6 nitrogen and oxygen atoms in total. The zero-order chi connectivity index (χ0) is 16.4. The number of rotatable bonds is 5. The molecule has 1 aromatic carbocycles. The number of aryl methyl sites for hydroxylation is 1. The van der Waals surface area contributed by atoms with Crippen molar-refractivity contribution in [2.75, 3.05) is 25.6 Å². The van der Waals surface area contributed by atoms with Gasteiger partial charge in [-0.25, -0.2) is 4.98 Å². The largest absolute Gasteiger partial charge is 0.497 e. The molecule has 2 heterocycles. The minimum Gasteiger partial charge on any atom is -0.497 e. The molecule has 0 atom stereocenters. The molecule has 23 heavy (non-hydrogen) atoms. The Kier molecular flexibility index (Phi) is 4.14. The fraction of sp³-hybridized carbons (Fsp3) is 0.353. The van der Waals surface area contributed by atoms with E-state index in [0.29, 0.717) is 5.78 Å². The first-order chi connectivity index (χ1) is 11.1. The van der Waals surface area contributed by atoms with Crippen LogP contribution in [0.15, 0.2) is 30.6 Å². The molecule has 6 heteroatoms. The van der Waals surface area contributed by atoms with Gasteiger partial charge in [-0.15, -0.1) is 0 Å². The number of benzene rings is 1. The van der Waals surface area contributed by atoms with E-state index in [2.05, 4.69) is 46.1 Å². The van der Waals surface area contributed by atoms with Crippen LogP contribution in [0.5, 0.6) is 5.75 Å². The third-order valence-electron chi connectivity index (χ3n) is 4.13. The molecule has 0 aliphatic heterocycles. The number of anilines is 1. The summed E-state index contributed by atoms with van der Waals surface area (Å²) in [5.74, 6) is 2.56. The number of hydrogen-bond donors (Lipinski definition) is 0. The predicted molar refractivity (Wildman–Crippen MR) is 90.2 cm³/mol. The Morgan fingerprint density at radius 2 is 1.91 bits per heavy atom. The highest BCUT2D eigenvalue weighted by atomic mass is 16.5. The second kappa shape index (κ2) is 6.24. The molecule has 0 aliphatic carbocycles. The van der Waals surface area contributed by atoms with Gasteiger partial charge in [0, 0.05) is 24.8 Å². The van der Waals surface area contributed by atoms with E-state index in [1.807, 2.05) is 19.1 Å². The molecule has 0 fully saturated rings. The molecule has 0 amide bonds. The second-order valence-electron chi connectivity index (χ2n) is 5.64. The fourth-order valence-electron chi connectivity index (χ4n) is 2.66. The van der Waals surface area contributed by atoms with Gasteiger partial charge in [-0.05, 0) is 38.0 Å². The van der Waals surface area contributed by atoms with Crippen molar-refractivity contribution in [2.24, 2.45) is 0 Å². The summed E-state index contributed by atoms with van der Waals surface area (Å²) in [7, 11) is 3.76. The van der Waals surface area contributed by atoms with Gasteiger partial charge in [-0.3, -0.25) is 0 Å². The maximum atomic E-state index is 5.20. The third kappa shape index (κ3) is 2.97. The second-order valence-corrected chi connectivity index (χ2v) is 5.64. The summed E-state index contributed by atoms with van der Waals surface area (Å²) in [5.41, 5.74) is 3.38. The summed E-state index contributed by atoms with van der Waals surface area (Å²) in [6.45, 7) is 4.96. The molecule has 0 bridgehead atoms. The lowest BCUT2D eigenvalue weighted by Crippen LogP contribution is -2.25. The lowest BCUT2D eigenvalue weighted by Gasteiger charge is -2.22. The van der Waals surface area contributed by atoms with E-state index in [1.54, 1.807) is 18.0 Å². The Hall–Kier alpha value is -2.63. The van der Waals surface area contributed by atoms with Crippen LogP contribution in [0, 0.1) is 13.8 Å². The zero-order valence-corrected chi connectivity index (χ0v) is 13.9. The van der Waals surface area contributed by atoms with Gasteiger partial charge < -0.3 is 9.64 Å². The molecule has 120 valence electrons. The first-order valence-electron chi connectivity index (χ1n) is 7.61. The van der Waals surface area contributed by atoms with Crippen molar-refractivity contribution in [1.29, 1.82) is 0 Å². The van der Waals surface area contributed by atoms with Crippen molar-refractivity contribution >= 4 is 11.6 Å². The van der Waals surface area contributed by atoms with Gasteiger partial charge in [-0.2, -0.15) is 14.6 Å². The molecule has 0 radical (unpaired) electrons. The molecule has 0 aliphatic rings. The van der Waals surface area contributed by atoms with Crippen LogP contribution in [0.1, 0.15) is 16.8 Å². The van der Waals surface area contributed by atoms with Crippen molar-refractivity contribution in [2.45, 2.75) is 20.3 Å². The van der Waals surface area contributed by atoms with Gasteiger partial charge in [-0.1, -0.05) is 12.1 Å². The first kappa shape index (κ1) is 15.3. The lowest BCUT2D eigenvalue weighted by molar-refractivity contribution is 0.414. The van der Waals surface area contributed by atoms with Gasteiger partial charge in [0.1, 0.15) is 17.9 Å². The average Bonchev–Trinajstić information content (AvgIpc) is 3.01. The van der Waals surface area contributed by atoms with Crippen molar-refractivity contribution in [3.63, 3.8) is 0 Å². The highest BCUT2D eigenvalue weighted by Gasteiger charge is 2.14. The summed E-state index contributed by atoms with van der Waals surface area (Å²) in [4.78, 5) is 10.9. The highest BCUT2D eigenvalue weighted by molar-refractivity contribution is 5.53. The van der Waals surface area contributed by atoms with Gasteiger partial charge >= 0.3 is 0 Å². The third-order valence-corrected chi connectivity index (χ3v) is 4.13. The summed E-state index contributed by atoms with van der Waals surface area (Å²) in [6.07, 6.45) is 2.49. The molecular weight excluding hydrogens is 290 g/mol. The smallest absolute Gasteiger partial charge is 0.254 e. The summed E-state index contributed by atoms with van der Waals surface area (Å²) in [5, 5.41) is 4.30. The van der Waals surface area contributed by atoms with E-state index in [0.717, 1.165) is 35.8 Å². The van der Waals surface area contributed by atoms with Crippen LogP contribution in [0.2, 0.25) is 0 Å². The minimum atomic E-state index is 0.638. The Balaban J connectivity index is 1.81. The molecule has 0 saturated carbocycles. The number of aromatic nitrogens is 4. The molecule has 0 N–H and O–H groups in total. The maximum absolute atomic E-state index is 5.20. The standard InChI is InChI=1S/C17H21N5O/c1-12-13(2)20-17-18-11-19-22(17)16(12)21(3)10-9-14-5-7-15(23-4)8-6-14/h5-8,11H,9-10H2,1-4H3. The van der Waals surface area contributed by atoms with E-state index in [1.165, 1.54) is 5.56 Å². The average molecular weight is 311 g/mol. The molecule has 0 spiro atoms. The van der Waals surface area contributed by atoms with E-state index < -0.39 is 0 Å². The fourth-order valence-corrected chi connectivity index (χ4v) is 2.66. The van der Waals surface area contributed by atoms with Gasteiger partial charge in [0.2, 0.25) is 0 Å². The van der Waals surface area contributed by atoms with Crippen LogP contribution < -0.4 is 9.64 Å². The summed E-state index contributed by atoms with van der Waals surface area (Å²) < 4.78 is 7.00. The minimum absolute atomic E-state index is 0.638. The van der Waals surface area contributed by atoms with Gasteiger partial charge in [0.25, 0.3) is 5.78 Å². The van der Waals surface area contributed by atoms with Crippen LogP contribution in [-0.2, 0) is 6.42 Å². The van der Waals surface area contributed by atoms with Crippen molar-refractivity contribution in [3.8, 4) is 5.75 Å². The first-order valence-corrected chi connectivity index (χ1v) is 7.61. The molecule has 0 saturated heterocycles. The number of hydrogen-bond acceptors (Lipinski definition) is 5. The zero-order valence-electron chi connectivity index (χ0n) is 13.9. The van der Waals surface area contributed by atoms with E-state index >= 15 is 0 Å². The van der Waals surface area contributed by atoms with Crippen molar-refractivity contribution in [1.82, 2.24) is 19.6 Å². The monoisotopic (exact) mass is 311 g/mol. The van der Waals surface area contributed by atoms with Crippen LogP contribution >= 0.6 is 0 Å². The Morgan fingerprint density at radius 1 is 1.17 bits per heavy atom. The van der Waals surface area contributed by atoms with E-state index in [4.69, 9.17) is 4.74 Å². The van der Waals surface area contributed by atoms with Crippen LogP contribution in [-0.4, -0.2) is 40.3 Å². The van der Waals surface area contributed by atoms with Gasteiger partial charge in [0.05, 0.1) is 7.11 Å². The number of fused-ring (bicyclic) bond motifs is 1. The maximum Gasteiger partial charge on any atom is 0.254 e. The van der Waals surface area contributed by atoms with E-state index in [9.17, 15) is 0 Å². The molecular formula is C17H21N5O. The van der Waals surface area contributed by atoms with Gasteiger partial charge in [0.15, 0.2) is 0 Å². The molecule has 3 aromatic rings. The quantitative estimate of drug-likeness (QED) is 0.724. The Labute approximate surface area is 135 Å². The van der Waals surface area contributed by atoms with Crippen LogP contribution in [0.4, 0.5) is 5.82 Å². The van der Waals surface area contributed by atoms with Crippen LogP contribution in [0.25, 0.3) is 5.78 Å². The molecule has 0 unspecified atom stereocenters. The number of likely N-dealkylation sites (N-methyl/N-ethyl adjacent to an activating group) is 1. The number of methoxy groups -OCH3 is 1. The predicted octanol–water partition coefficient (Wildman–Crippen LogP) is 2.43. The van der Waals surface area contributed by atoms with Crippen molar-refractivity contribution < 1.29 is 4.74 Å². The Bertz CT molecular complexity index is 810. The summed E-state index contributed by atoms with van der Waals surface area (Å²) in [6, 6.07) is 8.18. The lowest BCUT2D eigenvalue weighted by atomic mass is 10.1. The summed E-state index contributed by atoms with van der Waals surface area (Å²) >= 11 is 0. The number of nitrogens with zero attached hydrogens (tertiary/aromatic N) is 5. The molecule has 3 rings (SSSR count). The van der Waals surface area contributed by atoms with Crippen LogP contribution in [0.3, 0.4) is 0 Å². The normalized spacial score (nSPS) is 11.0. The highest BCUT2D eigenvalue weighted by Crippen LogP contribution is 2.21. The topological polar surface area (TPSA) is 55.5 Å². The number of ether oxygens (including phenoxy) is 1. The Morgan fingerprint density at radius 3 is 2.61 bits per heavy atom. The molecule has 2 aromatic heterocycles. The SMILES string of the molecule is COc1ccc(CCN(C)c2c(C)c(C)nc3ncnn23)cc1. The van der Waals surface area contributed by atoms with E-state index in [-0.39, 0.29) is 0 Å². The van der Waals surface area contributed by atoms with Crippen molar-refractivity contribution in [3.05, 3.63) is 47.4 Å².